The molecule has 0 spiro atoms. The van der Waals surface area contributed by atoms with Crippen LogP contribution < -0.4 is 5.32 Å². The fourth-order valence-corrected chi connectivity index (χ4v) is 2.67. The molecule has 0 bridgehead atoms. The van der Waals surface area contributed by atoms with Crippen LogP contribution in [-0.2, 0) is 38.1 Å². The van der Waals surface area contributed by atoms with Crippen molar-refractivity contribution in [3.05, 3.63) is 22.5 Å². The van der Waals surface area contributed by atoms with Gasteiger partial charge in [0.25, 0.3) is 0 Å². The van der Waals surface area contributed by atoms with Gasteiger partial charge in [-0.1, -0.05) is 13.8 Å². The molecule has 0 saturated heterocycles. The Bertz CT molecular complexity index is 692. The van der Waals surface area contributed by atoms with Crippen LogP contribution in [0.3, 0.4) is 0 Å². The van der Waals surface area contributed by atoms with E-state index in [1.54, 1.807) is 20.8 Å². The van der Waals surface area contributed by atoms with Crippen molar-refractivity contribution in [3.8, 4) is 0 Å². The van der Waals surface area contributed by atoms with E-state index >= 15 is 0 Å². The molecule has 0 radical (unpaired) electrons. The molecule has 1 aliphatic rings. The van der Waals surface area contributed by atoms with Crippen LogP contribution in [0.15, 0.2) is 22.5 Å². The lowest BCUT2D eigenvalue weighted by Crippen LogP contribution is -2.38. The van der Waals surface area contributed by atoms with E-state index < -0.39 is 36.6 Å². The number of nitrogens with one attached hydrogen (secondary N) is 1. The average Bonchev–Trinajstić information content (AvgIpc) is 2.64. The Morgan fingerprint density at radius 2 is 1.50 bits per heavy atom. The van der Waals surface area contributed by atoms with Crippen LogP contribution in [0.4, 0.5) is 0 Å². The molecule has 0 aromatic rings. The quantitative estimate of drug-likeness (QED) is 0.352. The first-order chi connectivity index (χ1) is 13.3. The highest BCUT2D eigenvalue weighted by molar-refractivity contribution is 6.05. The number of carbonyl (C=O) groups is 4. The second kappa shape index (κ2) is 11.1. The Hall–Kier alpha value is -2.84. The molecule has 9 nitrogen and oxygen atoms in total. The Labute approximate surface area is 164 Å². The fraction of sp³-hybridized carbons (Fsp3) is 0.579. The van der Waals surface area contributed by atoms with Gasteiger partial charge in [0.05, 0.1) is 24.9 Å². The summed E-state index contributed by atoms with van der Waals surface area (Å²) in [6, 6.07) is 0. The minimum absolute atomic E-state index is 0.0515. The van der Waals surface area contributed by atoms with Gasteiger partial charge in [0.15, 0.2) is 0 Å². The minimum Gasteiger partial charge on any atom is -0.466 e. The van der Waals surface area contributed by atoms with Crippen molar-refractivity contribution in [3.63, 3.8) is 0 Å². The summed E-state index contributed by atoms with van der Waals surface area (Å²) < 4.78 is 19.7. The smallest absolute Gasteiger partial charge is 0.337 e. The predicted octanol–water partition coefficient (Wildman–Crippen LogP) is 1.72. The Morgan fingerprint density at radius 3 is 2.04 bits per heavy atom. The van der Waals surface area contributed by atoms with E-state index in [9.17, 15) is 19.2 Å². The summed E-state index contributed by atoms with van der Waals surface area (Å²) in [4.78, 5) is 48.9. The van der Waals surface area contributed by atoms with E-state index in [2.05, 4.69) is 5.32 Å². The Morgan fingerprint density at radius 1 is 0.893 bits per heavy atom. The molecule has 1 atom stereocenters. The summed E-state index contributed by atoms with van der Waals surface area (Å²) in [5, 5.41) is 2.89. The van der Waals surface area contributed by atoms with Crippen molar-refractivity contribution in [1.82, 2.24) is 5.32 Å². The maximum absolute atomic E-state index is 12.7. The van der Waals surface area contributed by atoms with Crippen LogP contribution in [0.5, 0.6) is 0 Å². The SMILES string of the molecule is CCCOC(=O)C1=C(C)NC(C)=C(C(=O)OC)C1C(=O)OCOC(=O)CCC. The first-order valence-corrected chi connectivity index (χ1v) is 9.04. The zero-order valence-corrected chi connectivity index (χ0v) is 16.9. The van der Waals surface area contributed by atoms with E-state index in [1.807, 2.05) is 6.92 Å². The fourth-order valence-electron chi connectivity index (χ4n) is 2.67. The van der Waals surface area contributed by atoms with Gasteiger partial charge in [0.2, 0.25) is 6.79 Å². The van der Waals surface area contributed by atoms with Crippen molar-refractivity contribution in [1.29, 1.82) is 0 Å². The lowest BCUT2D eigenvalue weighted by Gasteiger charge is -2.28. The molecule has 9 heteroatoms. The lowest BCUT2D eigenvalue weighted by atomic mass is 9.85. The zero-order valence-electron chi connectivity index (χ0n) is 16.9. The van der Waals surface area contributed by atoms with Crippen LogP contribution in [0.25, 0.3) is 0 Å². The third-order valence-electron chi connectivity index (χ3n) is 3.93. The standard InChI is InChI=1S/C19H27NO8/c1-6-8-13(21)27-10-28-19(24)16-14(17(22)25-5)11(3)20-12(4)15(16)18(23)26-9-7-2/h16,20H,6-10H2,1-5H3. The number of hydrogen-bond acceptors (Lipinski definition) is 9. The first kappa shape index (κ1) is 23.2. The van der Waals surface area contributed by atoms with Gasteiger partial charge in [-0.3, -0.25) is 9.59 Å². The van der Waals surface area contributed by atoms with Crippen molar-refractivity contribution in [2.24, 2.45) is 5.92 Å². The normalized spacial score (nSPS) is 16.2. The van der Waals surface area contributed by atoms with Gasteiger partial charge in [-0.2, -0.15) is 0 Å². The van der Waals surface area contributed by atoms with Crippen LogP contribution in [0.2, 0.25) is 0 Å². The number of allylic oxidation sites excluding steroid dienone is 2. The summed E-state index contributed by atoms with van der Waals surface area (Å²) in [5.74, 6) is -4.33. The van der Waals surface area contributed by atoms with Crippen molar-refractivity contribution in [2.45, 2.75) is 47.0 Å². The van der Waals surface area contributed by atoms with E-state index in [0.29, 0.717) is 24.2 Å². The highest BCUT2D eigenvalue weighted by Gasteiger charge is 2.42. The van der Waals surface area contributed by atoms with Gasteiger partial charge in [-0.05, 0) is 26.7 Å². The average molecular weight is 397 g/mol. The van der Waals surface area contributed by atoms with E-state index in [1.165, 1.54) is 0 Å². The molecule has 1 unspecified atom stereocenters. The van der Waals surface area contributed by atoms with Gasteiger partial charge in [-0.25, -0.2) is 9.59 Å². The van der Waals surface area contributed by atoms with Crippen LogP contribution >= 0.6 is 0 Å². The second-order valence-corrected chi connectivity index (χ2v) is 6.11. The van der Waals surface area contributed by atoms with Gasteiger partial charge < -0.3 is 24.3 Å². The van der Waals surface area contributed by atoms with Crippen molar-refractivity contribution >= 4 is 23.9 Å². The summed E-state index contributed by atoms with van der Waals surface area (Å²) in [6.45, 7) is 6.33. The summed E-state index contributed by atoms with van der Waals surface area (Å²) in [7, 11) is 1.16. The van der Waals surface area contributed by atoms with Crippen LogP contribution in [-0.4, -0.2) is 44.4 Å². The number of hydrogen-bond donors (Lipinski definition) is 1. The lowest BCUT2D eigenvalue weighted by molar-refractivity contribution is -0.170. The largest absolute Gasteiger partial charge is 0.466 e. The second-order valence-electron chi connectivity index (χ2n) is 6.11. The molecule has 0 fully saturated rings. The number of esters is 4. The molecular formula is C19H27NO8. The molecule has 0 amide bonds. The highest BCUT2D eigenvalue weighted by Crippen LogP contribution is 2.32. The predicted molar refractivity (Wildman–Crippen MR) is 97.3 cm³/mol. The molecular weight excluding hydrogens is 370 g/mol. The first-order valence-electron chi connectivity index (χ1n) is 9.04. The third kappa shape index (κ3) is 5.83. The van der Waals surface area contributed by atoms with Gasteiger partial charge in [0, 0.05) is 17.8 Å². The van der Waals surface area contributed by atoms with E-state index in [-0.39, 0.29) is 24.2 Å². The summed E-state index contributed by atoms with van der Waals surface area (Å²) >= 11 is 0. The number of carbonyl (C=O) groups excluding carboxylic acids is 4. The number of dihydropyridines is 1. The monoisotopic (exact) mass is 397 g/mol. The number of rotatable bonds is 9. The maximum atomic E-state index is 12.7. The highest BCUT2D eigenvalue weighted by atomic mass is 16.7. The molecule has 1 rings (SSSR count). The molecule has 156 valence electrons. The van der Waals surface area contributed by atoms with Crippen molar-refractivity contribution < 1.29 is 38.1 Å². The molecule has 0 saturated carbocycles. The van der Waals surface area contributed by atoms with Crippen LogP contribution in [0.1, 0.15) is 47.0 Å². The topological polar surface area (TPSA) is 117 Å². The molecule has 0 aliphatic carbocycles. The maximum Gasteiger partial charge on any atom is 0.337 e. The number of ether oxygens (including phenoxy) is 4. The summed E-state index contributed by atoms with van der Waals surface area (Å²) in [6.07, 6.45) is 1.36. The third-order valence-corrected chi connectivity index (χ3v) is 3.93. The van der Waals surface area contributed by atoms with E-state index in [0.717, 1.165) is 7.11 Å². The Kier molecular flexibility index (Phi) is 9.20. The zero-order chi connectivity index (χ0) is 21.3. The molecule has 0 aromatic carbocycles. The molecule has 1 N–H and O–H groups in total. The van der Waals surface area contributed by atoms with Gasteiger partial charge in [0.1, 0.15) is 5.92 Å². The van der Waals surface area contributed by atoms with Gasteiger partial charge >= 0.3 is 23.9 Å². The van der Waals surface area contributed by atoms with Crippen molar-refractivity contribution in [2.75, 3.05) is 20.5 Å². The van der Waals surface area contributed by atoms with Gasteiger partial charge in [-0.15, -0.1) is 0 Å². The van der Waals surface area contributed by atoms with Crippen LogP contribution in [0, 0.1) is 5.92 Å². The molecule has 28 heavy (non-hydrogen) atoms. The minimum atomic E-state index is -1.36. The molecule has 0 aromatic heterocycles. The molecule has 1 aliphatic heterocycles. The van der Waals surface area contributed by atoms with E-state index in [4.69, 9.17) is 18.9 Å². The Balaban J connectivity index is 3.14. The summed E-state index contributed by atoms with van der Waals surface area (Å²) in [5.41, 5.74) is 0.586. The number of methoxy groups -OCH3 is 1. The molecule has 1 heterocycles.